The van der Waals surface area contributed by atoms with Gasteiger partial charge in [-0.1, -0.05) is 12.8 Å². The average Bonchev–Trinajstić information content (AvgIpc) is 2.88. The molecule has 1 spiro atoms. The highest BCUT2D eigenvalue weighted by molar-refractivity contribution is 5.43. The summed E-state index contributed by atoms with van der Waals surface area (Å²) < 4.78 is 0. The molecule has 1 aliphatic heterocycles. The van der Waals surface area contributed by atoms with Crippen molar-refractivity contribution in [1.29, 1.82) is 0 Å². The van der Waals surface area contributed by atoms with Crippen LogP contribution in [-0.4, -0.2) is 23.1 Å². The molecule has 0 radical (unpaired) electrons. The smallest absolute Gasteiger partial charge is 0.160 e. The maximum absolute atomic E-state index is 5.37. The van der Waals surface area contributed by atoms with Gasteiger partial charge in [0.25, 0.3) is 0 Å². The van der Waals surface area contributed by atoms with E-state index < -0.39 is 0 Å². The predicted molar refractivity (Wildman–Crippen MR) is 72.2 cm³/mol. The van der Waals surface area contributed by atoms with Crippen LogP contribution >= 0.6 is 0 Å². The molecule has 98 valence electrons. The number of hydrogen-bond donors (Lipinski definition) is 2. The standard InChI is InChI=1S/C13H21N5/c14-17-11-9-15-10-12(16-11)18-7-5-13(6-8-18)3-1-2-4-13/h9-10H,1-8,14H2,(H,16,17). The lowest BCUT2D eigenvalue weighted by atomic mass is 9.77. The molecule has 0 bridgehead atoms. The van der Waals surface area contributed by atoms with Crippen molar-refractivity contribution >= 4 is 11.6 Å². The number of aromatic nitrogens is 2. The van der Waals surface area contributed by atoms with E-state index in [0.29, 0.717) is 11.2 Å². The van der Waals surface area contributed by atoms with Crippen LogP contribution in [0.4, 0.5) is 11.6 Å². The fraction of sp³-hybridized carbons (Fsp3) is 0.692. The van der Waals surface area contributed by atoms with Gasteiger partial charge >= 0.3 is 0 Å². The van der Waals surface area contributed by atoms with Gasteiger partial charge in [0.15, 0.2) is 5.82 Å². The van der Waals surface area contributed by atoms with E-state index in [-0.39, 0.29) is 0 Å². The highest BCUT2D eigenvalue weighted by atomic mass is 15.3. The Morgan fingerprint density at radius 3 is 2.50 bits per heavy atom. The molecule has 1 saturated heterocycles. The largest absolute Gasteiger partial charge is 0.355 e. The number of hydrogen-bond acceptors (Lipinski definition) is 5. The van der Waals surface area contributed by atoms with Gasteiger partial charge in [-0.3, -0.25) is 4.98 Å². The van der Waals surface area contributed by atoms with Crippen LogP contribution in [0, 0.1) is 5.41 Å². The lowest BCUT2D eigenvalue weighted by molar-refractivity contribution is 0.226. The lowest BCUT2D eigenvalue weighted by Crippen LogP contribution is -2.39. The fourth-order valence-electron chi connectivity index (χ4n) is 3.41. The molecular weight excluding hydrogens is 226 g/mol. The van der Waals surface area contributed by atoms with E-state index in [9.17, 15) is 0 Å². The van der Waals surface area contributed by atoms with Crippen LogP contribution in [0.3, 0.4) is 0 Å². The van der Waals surface area contributed by atoms with Crippen molar-refractivity contribution in [3.05, 3.63) is 12.4 Å². The van der Waals surface area contributed by atoms with Gasteiger partial charge in [0.05, 0.1) is 12.4 Å². The van der Waals surface area contributed by atoms with Crippen molar-refractivity contribution in [2.75, 3.05) is 23.4 Å². The first-order chi connectivity index (χ1) is 8.81. The van der Waals surface area contributed by atoms with E-state index in [1.807, 2.05) is 6.20 Å². The first-order valence-electron chi connectivity index (χ1n) is 6.85. The normalized spacial score (nSPS) is 22.4. The topological polar surface area (TPSA) is 67.1 Å². The summed E-state index contributed by atoms with van der Waals surface area (Å²) in [5.41, 5.74) is 3.20. The van der Waals surface area contributed by atoms with E-state index in [0.717, 1.165) is 18.9 Å². The molecule has 0 atom stereocenters. The number of hydrazine groups is 1. The third kappa shape index (κ3) is 2.14. The van der Waals surface area contributed by atoms with E-state index in [1.54, 1.807) is 6.20 Å². The van der Waals surface area contributed by atoms with Crippen LogP contribution in [-0.2, 0) is 0 Å². The zero-order valence-corrected chi connectivity index (χ0v) is 10.7. The predicted octanol–water partition coefficient (Wildman–Crippen LogP) is 1.92. The Bertz CT molecular complexity index is 404. The quantitative estimate of drug-likeness (QED) is 0.617. The van der Waals surface area contributed by atoms with Crippen molar-refractivity contribution in [3.8, 4) is 0 Å². The minimum absolute atomic E-state index is 0.633. The molecule has 0 aromatic carbocycles. The number of nitrogens with zero attached hydrogens (tertiary/aromatic N) is 3. The number of nitrogens with two attached hydrogens (primary N) is 1. The average molecular weight is 247 g/mol. The number of rotatable bonds is 2. The van der Waals surface area contributed by atoms with E-state index >= 15 is 0 Å². The van der Waals surface area contributed by atoms with Gasteiger partial charge in [0, 0.05) is 13.1 Å². The summed E-state index contributed by atoms with van der Waals surface area (Å²) in [6.45, 7) is 2.20. The second kappa shape index (κ2) is 4.72. The van der Waals surface area contributed by atoms with Crippen LogP contribution < -0.4 is 16.2 Å². The lowest BCUT2D eigenvalue weighted by Gasteiger charge is -2.39. The van der Waals surface area contributed by atoms with Crippen LogP contribution in [0.2, 0.25) is 0 Å². The molecule has 2 heterocycles. The Morgan fingerprint density at radius 2 is 1.83 bits per heavy atom. The fourth-order valence-corrected chi connectivity index (χ4v) is 3.41. The van der Waals surface area contributed by atoms with Crippen LogP contribution in [0.1, 0.15) is 38.5 Å². The maximum atomic E-state index is 5.37. The molecule has 1 saturated carbocycles. The summed E-state index contributed by atoms with van der Waals surface area (Å²) >= 11 is 0. The van der Waals surface area contributed by atoms with Crippen LogP contribution in [0.15, 0.2) is 12.4 Å². The summed E-state index contributed by atoms with van der Waals surface area (Å²) in [5, 5.41) is 0. The Balaban J connectivity index is 1.68. The Kier molecular flexibility index (Phi) is 3.07. The second-order valence-corrected chi connectivity index (χ2v) is 5.60. The molecule has 2 aliphatic rings. The first-order valence-corrected chi connectivity index (χ1v) is 6.85. The Hall–Kier alpha value is -1.36. The first kappa shape index (κ1) is 11.7. The van der Waals surface area contributed by atoms with Gasteiger partial charge in [-0.2, -0.15) is 0 Å². The number of nitrogens with one attached hydrogen (secondary N) is 1. The SMILES string of the molecule is NNc1cncc(N2CCC3(CCCC3)CC2)n1. The minimum Gasteiger partial charge on any atom is -0.355 e. The molecule has 0 unspecified atom stereocenters. The van der Waals surface area contributed by atoms with Gasteiger partial charge in [-0.05, 0) is 31.1 Å². The van der Waals surface area contributed by atoms with Crippen molar-refractivity contribution in [1.82, 2.24) is 9.97 Å². The second-order valence-electron chi connectivity index (χ2n) is 5.60. The van der Waals surface area contributed by atoms with Gasteiger partial charge in [-0.15, -0.1) is 0 Å². The Morgan fingerprint density at radius 1 is 1.11 bits per heavy atom. The summed E-state index contributed by atoms with van der Waals surface area (Å²) in [5.74, 6) is 6.95. The van der Waals surface area contributed by atoms with Gasteiger partial charge in [0.1, 0.15) is 5.82 Å². The highest BCUT2D eigenvalue weighted by Gasteiger charge is 2.37. The third-order valence-electron chi connectivity index (χ3n) is 4.58. The highest BCUT2D eigenvalue weighted by Crippen LogP contribution is 2.46. The van der Waals surface area contributed by atoms with E-state index in [2.05, 4.69) is 20.3 Å². The maximum Gasteiger partial charge on any atom is 0.160 e. The summed E-state index contributed by atoms with van der Waals surface area (Å²) in [6.07, 6.45) is 11.8. The van der Waals surface area contributed by atoms with Crippen LogP contribution in [0.5, 0.6) is 0 Å². The molecule has 3 N–H and O–H groups in total. The molecule has 0 amide bonds. The van der Waals surface area contributed by atoms with Gasteiger partial charge in [0.2, 0.25) is 0 Å². The Labute approximate surface area is 108 Å². The van der Waals surface area contributed by atoms with E-state index in [1.165, 1.54) is 38.5 Å². The number of anilines is 2. The molecule has 5 heteroatoms. The molecule has 3 rings (SSSR count). The van der Waals surface area contributed by atoms with Crippen molar-refractivity contribution in [3.63, 3.8) is 0 Å². The number of piperidine rings is 1. The molecule has 1 aliphatic carbocycles. The molecule has 18 heavy (non-hydrogen) atoms. The van der Waals surface area contributed by atoms with Crippen molar-refractivity contribution < 1.29 is 0 Å². The summed E-state index contributed by atoms with van der Waals surface area (Å²) in [7, 11) is 0. The van der Waals surface area contributed by atoms with Crippen molar-refractivity contribution in [2.45, 2.75) is 38.5 Å². The molecule has 2 fully saturated rings. The molecule has 5 nitrogen and oxygen atoms in total. The monoisotopic (exact) mass is 247 g/mol. The zero-order valence-electron chi connectivity index (χ0n) is 10.7. The van der Waals surface area contributed by atoms with Crippen molar-refractivity contribution in [2.24, 2.45) is 11.3 Å². The van der Waals surface area contributed by atoms with Gasteiger partial charge < -0.3 is 10.3 Å². The third-order valence-corrected chi connectivity index (χ3v) is 4.58. The molecular formula is C13H21N5. The summed E-state index contributed by atoms with van der Waals surface area (Å²) in [6, 6.07) is 0. The van der Waals surface area contributed by atoms with E-state index in [4.69, 9.17) is 5.84 Å². The zero-order chi connectivity index (χ0) is 12.4. The van der Waals surface area contributed by atoms with Gasteiger partial charge in [-0.25, -0.2) is 10.8 Å². The summed E-state index contributed by atoms with van der Waals surface area (Å²) in [4.78, 5) is 11.0. The molecule has 1 aromatic heterocycles. The minimum atomic E-state index is 0.633. The van der Waals surface area contributed by atoms with Crippen LogP contribution in [0.25, 0.3) is 0 Å². The molecule has 1 aromatic rings. The number of nitrogen functional groups attached to an aromatic ring is 1.